The Balaban J connectivity index is 1.67. The summed E-state index contributed by atoms with van der Waals surface area (Å²) in [7, 11) is 1.65. The lowest BCUT2D eigenvalue weighted by atomic mass is 10.0. The molecule has 0 radical (unpaired) electrons. The third kappa shape index (κ3) is 3.32. The maximum Gasteiger partial charge on any atom is 0.291 e. The van der Waals surface area contributed by atoms with Crippen molar-refractivity contribution in [2.45, 2.75) is 12.1 Å². The van der Waals surface area contributed by atoms with E-state index in [0.29, 0.717) is 11.3 Å². The molecule has 1 aromatic heterocycles. The summed E-state index contributed by atoms with van der Waals surface area (Å²) < 4.78 is 10.2. The van der Waals surface area contributed by atoms with Gasteiger partial charge in [0.25, 0.3) is 5.91 Å². The van der Waals surface area contributed by atoms with Gasteiger partial charge in [0, 0.05) is 12.7 Å². The van der Waals surface area contributed by atoms with Gasteiger partial charge in [0.2, 0.25) is 5.91 Å². The van der Waals surface area contributed by atoms with Crippen LogP contribution in [0.5, 0.6) is 0 Å². The van der Waals surface area contributed by atoms with Crippen LogP contribution in [-0.2, 0) is 9.53 Å². The first kappa shape index (κ1) is 16.2. The first-order valence-electron chi connectivity index (χ1n) is 7.52. The van der Waals surface area contributed by atoms with Crippen molar-refractivity contribution in [3.05, 3.63) is 54.0 Å². The Hall–Kier alpha value is -2.64. The third-order valence-corrected chi connectivity index (χ3v) is 4.02. The van der Waals surface area contributed by atoms with Crippen molar-refractivity contribution < 1.29 is 23.8 Å². The van der Waals surface area contributed by atoms with E-state index in [1.165, 1.54) is 11.2 Å². The highest BCUT2D eigenvalue weighted by atomic mass is 16.5. The minimum absolute atomic E-state index is 0.0392. The third-order valence-electron chi connectivity index (χ3n) is 4.02. The standard InChI is InChI=1S/C17H18N2O5/c1-19-13(9-23-10-15(19)20)16(21)11-4-6-12(7-5-11)18-17(22)14-3-2-8-24-14/h2-8,13,16,21H,9-10H2,1H3,(H,18,22). The second kappa shape index (κ2) is 6.86. The number of nitrogens with zero attached hydrogens (tertiary/aromatic N) is 1. The maximum absolute atomic E-state index is 11.9. The zero-order chi connectivity index (χ0) is 17.1. The lowest BCUT2D eigenvalue weighted by Crippen LogP contribution is -2.49. The Morgan fingerprint density at radius 2 is 2.08 bits per heavy atom. The molecule has 1 saturated heterocycles. The van der Waals surface area contributed by atoms with Gasteiger partial charge in [0.05, 0.1) is 18.9 Å². The number of carbonyl (C=O) groups excluding carboxylic acids is 2. The number of nitrogens with one attached hydrogen (secondary N) is 1. The number of anilines is 1. The van der Waals surface area contributed by atoms with Crippen LogP contribution in [0.1, 0.15) is 22.2 Å². The molecule has 1 aliphatic rings. The van der Waals surface area contributed by atoms with Crippen LogP contribution in [0.4, 0.5) is 5.69 Å². The van der Waals surface area contributed by atoms with E-state index in [9.17, 15) is 14.7 Å². The Morgan fingerprint density at radius 3 is 2.75 bits per heavy atom. The van der Waals surface area contributed by atoms with E-state index in [-0.39, 0.29) is 30.8 Å². The highest BCUT2D eigenvalue weighted by Crippen LogP contribution is 2.24. The number of benzene rings is 1. The van der Waals surface area contributed by atoms with Crippen molar-refractivity contribution >= 4 is 17.5 Å². The van der Waals surface area contributed by atoms with E-state index >= 15 is 0 Å². The van der Waals surface area contributed by atoms with Crippen molar-refractivity contribution in [3.8, 4) is 0 Å². The van der Waals surface area contributed by atoms with Crippen molar-refractivity contribution in [2.75, 3.05) is 25.6 Å². The van der Waals surface area contributed by atoms with E-state index in [0.717, 1.165) is 0 Å². The molecule has 1 aliphatic heterocycles. The predicted molar refractivity (Wildman–Crippen MR) is 85.4 cm³/mol. The number of aliphatic hydroxyl groups excluding tert-OH is 1. The molecule has 3 rings (SSSR count). The van der Waals surface area contributed by atoms with Gasteiger partial charge in [-0.2, -0.15) is 0 Å². The first-order chi connectivity index (χ1) is 11.6. The zero-order valence-corrected chi connectivity index (χ0v) is 13.1. The average molecular weight is 330 g/mol. The summed E-state index contributed by atoms with van der Waals surface area (Å²) in [6.07, 6.45) is 0.562. The summed E-state index contributed by atoms with van der Waals surface area (Å²) >= 11 is 0. The number of carbonyl (C=O) groups is 2. The van der Waals surface area contributed by atoms with Gasteiger partial charge in [0.1, 0.15) is 12.7 Å². The van der Waals surface area contributed by atoms with E-state index in [1.54, 1.807) is 43.4 Å². The predicted octanol–water partition coefficient (Wildman–Crippen LogP) is 1.42. The minimum atomic E-state index is -0.867. The van der Waals surface area contributed by atoms with E-state index in [1.807, 2.05) is 0 Å². The Kier molecular flexibility index (Phi) is 4.64. The SMILES string of the molecule is CN1C(=O)COCC1C(O)c1ccc(NC(=O)c2ccco2)cc1. The molecular formula is C17H18N2O5. The smallest absolute Gasteiger partial charge is 0.291 e. The summed E-state index contributed by atoms with van der Waals surface area (Å²) in [5, 5.41) is 13.2. The van der Waals surface area contributed by atoms with Crippen molar-refractivity contribution in [3.63, 3.8) is 0 Å². The van der Waals surface area contributed by atoms with Gasteiger partial charge in [0.15, 0.2) is 5.76 Å². The van der Waals surface area contributed by atoms with Crippen molar-refractivity contribution in [2.24, 2.45) is 0 Å². The number of morpholine rings is 1. The van der Waals surface area contributed by atoms with Crippen LogP contribution in [0, 0.1) is 0 Å². The summed E-state index contributed by atoms with van der Waals surface area (Å²) in [5.41, 5.74) is 1.22. The van der Waals surface area contributed by atoms with Gasteiger partial charge in [-0.15, -0.1) is 0 Å². The van der Waals surface area contributed by atoms with Gasteiger partial charge in [-0.05, 0) is 29.8 Å². The van der Waals surface area contributed by atoms with E-state index in [4.69, 9.17) is 9.15 Å². The molecule has 2 N–H and O–H groups in total. The average Bonchev–Trinajstić information content (AvgIpc) is 3.12. The van der Waals surface area contributed by atoms with Gasteiger partial charge in [-0.3, -0.25) is 9.59 Å². The van der Waals surface area contributed by atoms with Crippen LogP contribution in [-0.4, -0.2) is 48.1 Å². The first-order valence-corrected chi connectivity index (χ1v) is 7.52. The van der Waals surface area contributed by atoms with Crippen LogP contribution in [0.3, 0.4) is 0 Å². The summed E-state index contributed by atoms with van der Waals surface area (Å²) in [5.74, 6) is -0.287. The number of hydrogen-bond acceptors (Lipinski definition) is 5. The summed E-state index contributed by atoms with van der Waals surface area (Å²) in [4.78, 5) is 25.1. The molecule has 0 bridgehead atoms. The van der Waals surface area contributed by atoms with Gasteiger partial charge in [-0.1, -0.05) is 12.1 Å². The molecule has 0 spiro atoms. The topological polar surface area (TPSA) is 92.0 Å². The number of furan rings is 1. The Labute approximate surface area is 138 Å². The summed E-state index contributed by atoms with van der Waals surface area (Å²) in [6.45, 7) is 0.317. The van der Waals surface area contributed by atoms with Crippen LogP contribution >= 0.6 is 0 Å². The van der Waals surface area contributed by atoms with Crippen LogP contribution in [0.15, 0.2) is 47.1 Å². The lowest BCUT2D eigenvalue weighted by molar-refractivity contribution is -0.151. The largest absolute Gasteiger partial charge is 0.459 e. The van der Waals surface area contributed by atoms with Crippen LogP contribution in [0.25, 0.3) is 0 Å². The van der Waals surface area contributed by atoms with Gasteiger partial charge < -0.3 is 24.5 Å². The fourth-order valence-corrected chi connectivity index (χ4v) is 2.55. The maximum atomic E-state index is 11.9. The normalized spacial score (nSPS) is 19.2. The van der Waals surface area contributed by atoms with Crippen LogP contribution in [0.2, 0.25) is 0 Å². The van der Waals surface area contributed by atoms with Crippen LogP contribution < -0.4 is 5.32 Å². The molecule has 2 heterocycles. The zero-order valence-electron chi connectivity index (χ0n) is 13.1. The van der Waals surface area contributed by atoms with Gasteiger partial charge in [-0.25, -0.2) is 0 Å². The molecule has 0 saturated carbocycles. The molecule has 126 valence electrons. The number of ether oxygens (including phenoxy) is 1. The summed E-state index contributed by atoms with van der Waals surface area (Å²) in [6, 6.07) is 9.55. The number of amides is 2. The molecular weight excluding hydrogens is 312 g/mol. The minimum Gasteiger partial charge on any atom is -0.459 e. The molecule has 2 atom stereocenters. The highest BCUT2D eigenvalue weighted by Gasteiger charge is 2.32. The number of aliphatic hydroxyl groups is 1. The van der Waals surface area contributed by atoms with Crippen molar-refractivity contribution in [1.29, 1.82) is 0 Å². The fourth-order valence-electron chi connectivity index (χ4n) is 2.55. The molecule has 1 fully saturated rings. The van der Waals surface area contributed by atoms with E-state index < -0.39 is 12.1 Å². The number of likely N-dealkylation sites (N-methyl/N-ethyl adjacent to an activating group) is 1. The molecule has 2 unspecified atom stereocenters. The second-order valence-electron chi connectivity index (χ2n) is 5.59. The second-order valence-corrected chi connectivity index (χ2v) is 5.59. The number of hydrogen-bond donors (Lipinski definition) is 2. The Bertz CT molecular complexity index is 711. The molecule has 2 aromatic rings. The molecule has 1 aromatic carbocycles. The molecule has 2 amide bonds. The number of rotatable bonds is 4. The quantitative estimate of drug-likeness (QED) is 0.884. The molecule has 7 heteroatoms. The molecule has 7 nitrogen and oxygen atoms in total. The highest BCUT2D eigenvalue weighted by molar-refractivity contribution is 6.02. The van der Waals surface area contributed by atoms with E-state index in [2.05, 4.69) is 5.32 Å². The Morgan fingerprint density at radius 1 is 1.33 bits per heavy atom. The monoisotopic (exact) mass is 330 g/mol. The van der Waals surface area contributed by atoms with Gasteiger partial charge >= 0.3 is 0 Å². The lowest BCUT2D eigenvalue weighted by Gasteiger charge is -2.35. The molecule has 0 aliphatic carbocycles. The fraction of sp³-hybridized carbons (Fsp3) is 0.294. The van der Waals surface area contributed by atoms with Crippen molar-refractivity contribution in [1.82, 2.24) is 4.90 Å². The molecule has 24 heavy (non-hydrogen) atoms.